The van der Waals surface area contributed by atoms with Crippen LogP contribution in [0.15, 0.2) is 60.7 Å². The van der Waals surface area contributed by atoms with Crippen molar-refractivity contribution in [3.8, 4) is 0 Å². The lowest BCUT2D eigenvalue weighted by Crippen LogP contribution is -2.28. The van der Waals surface area contributed by atoms with Crippen molar-refractivity contribution < 1.29 is 4.79 Å². The van der Waals surface area contributed by atoms with Crippen molar-refractivity contribution in [2.75, 3.05) is 0 Å². The first kappa shape index (κ1) is 13.1. The third-order valence-corrected chi connectivity index (χ3v) is 4.32. The van der Waals surface area contributed by atoms with Gasteiger partial charge in [-0.2, -0.15) is 0 Å². The zero-order valence-corrected chi connectivity index (χ0v) is 11.7. The van der Waals surface area contributed by atoms with Crippen molar-refractivity contribution in [2.24, 2.45) is 5.92 Å². The van der Waals surface area contributed by atoms with Gasteiger partial charge in [0.1, 0.15) is 5.78 Å². The fourth-order valence-electron chi connectivity index (χ4n) is 3.38. The molecule has 0 bridgehead atoms. The van der Waals surface area contributed by atoms with Crippen LogP contribution >= 0.6 is 0 Å². The molecule has 0 spiro atoms. The van der Waals surface area contributed by atoms with Gasteiger partial charge in [-0.05, 0) is 36.3 Å². The van der Waals surface area contributed by atoms with Crippen LogP contribution in [0.5, 0.6) is 0 Å². The van der Waals surface area contributed by atoms with Gasteiger partial charge < -0.3 is 0 Å². The Morgan fingerprint density at radius 1 is 0.900 bits per heavy atom. The van der Waals surface area contributed by atoms with Crippen LogP contribution in [0.25, 0.3) is 0 Å². The van der Waals surface area contributed by atoms with Crippen LogP contribution in [0, 0.1) is 5.92 Å². The summed E-state index contributed by atoms with van der Waals surface area (Å²) in [5, 5.41) is 0. The van der Waals surface area contributed by atoms with Gasteiger partial charge in [-0.3, -0.25) is 4.79 Å². The van der Waals surface area contributed by atoms with Crippen molar-refractivity contribution >= 4 is 5.78 Å². The molecule has 1 nitrogen and oxygen atoms in total. The number of carbonyl (C=O) groups is 1. The normalized spacial score (nSPS) is 22.7. The average Bonchev–Trinajstić information content (AvgIpc) is 2.49. The molecule has 0 aromatic heterocycles. The van der Waals surface area contributed by atoms with Gasteiger partial charge in [0.05, 0.1) is 0 Å². The molecule has 2 unspecified atom stereocenters. The first-order valence-corrected chi connectivity index (χ1v) is 7.46. The molecule has 2 atom stereocenters. The van der Waals surface area contributed by atoms with Gasteiger partial charge in [0.25, 0.3) is 0 Å². The van der Waals surface area contributed by atoms with Crippen molar-refractivity contribution in [3.05, 3.63) is 71.8 Å². The van der Waals surface area contributed by atoms with E-state index in [9.17, 15) is 4.79 Å². The molecule has 0 aliphatic heterocycles. The van der Waals surface area contributed by atoms with Crippen LogP contribution in [-0.2, 0) is 11.2 Å². The third-order valence-electron chi connectivity index (χ3n) is 4.32. The fraction of sp³-hybridized carbons (Fsp3) is 0.316. The summed E-state index contributed by atoms with van der Waals surface area (Å²) in [6.07, 6.45) is 3.94. The highest BCUT2D eigenvalue weighted by atomic mass is 16.1. The summed E-state index contributed by atoms with van der Waals surface area (Å²) in [5.41, 5.74) is 2.53. The molecule has 1 aliphatic rings. The second kappa shape index (κ2) is 6.04. The minimum absolute atomic E-state index is 0.0881. The highest BCUT2D eigenvalue weighted by Gasteiger charge is 2.32. The van der Waals surface area contributed by atoms with E-state index < -0.39 is 0 Å². The summed E-state index contributed by atoms with van der Waals surface area (Å²) in [6.45, 7) is 0. The maximum absolute atomic E-state index is 12.4. The fourth-order valence-corrected chi connectivity index (χ4v) is 3.38. The second-order valence-corrected chi connectivity index (χ2v) is 5.70. The van der Waals surface area contributed by atoms with E-state index in [2.05, 4.69) is 36.4 Å². The summed E-state index contributed by atoms with van der Waals surface area (Å²) in [4.78, 5) is 12.4. The molecular weight excluding hydrogens is 244 g/mol. The Hall–Kier alpha value is -1.89. The highest BCUT2D eigenvalue weighted by Crippen LogP contribution is 2.37. The van der Waals surface area contributed by atoms with E-state index in [1.807, 2.05) is 24.3 Å². The van der Waals surface area contributed by atoms with Crippen molar-refractivity contribution in [3.63, 3.8) is 0 Å². The summed E-state index contributed by atoms with van der Waals surface area (Å²) >= 11 is 0. The van der Waals surface area contributed by atoms with E-state index in [1.165, 1.54) is 11.1 Å². The zero-order chi connectivity index (χ0) is 13.8. The lowest BCUT2D eigenvalue weighted by atomic mass is 9.72. The Morgan fingerprint density at radius 3 is 2.25 bits per heavy atom. The Labute approximate surface area is 120 Å². The molecule has 20 heavy (non-hydrogen) atoms. The quantitative estimate of drug-likeness (QED) is 0.804. The molecular formula is C19H20O. The second-order valence-electron chi connectivity index (χ2n) is 5.70. The summed E-state index contributed by atoms with van der Waals surface area (Å²) < 4.78 is 0. The Morgan fingerprint density at radius 2 is 1.55 bits per heavy atom. The predicted molar refractivity (Wildman–Crippen MR) is 81.7 cm³/mol. The molecule has 2 aromatic rings. The van der Waals surface area contributed by atoms with E-state index in [0.29, 0.717) is 11.7 Å². The molecule has 0 N–H and O–H groups in total. The molecule has 0 radical (unpaired) electrons. The SMILES string of the molecule is O=C1CCCC(Cc2ccccc2)C1c1ccccc1. The molecule has 3 rings (SSSR count). The van der Waals surface area contributed by atoms with Crippen LogP contribution in [-0.4, -0.2) is 5.78 Å². The number of ketones is 1. The van der Waals surface area contributed by atoms with Crippen LogP contribution < -0.4 is 0 Å². The maximum Gasteiger partial charge on any atom is 0.140 e. The first-order valence-electron chi connectivity index (χ1n) is 7.46. The molecule has 1 saturated carbocycles. The number of hydrogen-bond acceptors (Lipinski definition) is 1. The summed E-state index contributed by atoms with van der Waals surface area (Å²) in [7, 11) is 0. The highest BCUT2D eigenvalue weighted by molar-refractivity contribution is 5.86. The van der Waals surface area contributed by atoms with E-state index in [1.54, 1.807) is 0 Å². The molecule has 2 aromatic carbocycles. The van der Waals surface area contributed by atoms with Gasteiger partial charge in [-0.1, -0.05) is 60.7 Å². The number of benzene rings is 2. The Bertz CT molecular complexity index is 559. The van der Waals surface area contributed by atoms with Gasteiger partial charge >= 0.3 is 0 Å². The van der Waals surface area contributed by atoms with Gasteiger partial charge in [-0.25, -0.2) is 0 Å². The van der Waals surface area contributed by atoms with E-state index >= 15 is 0 Å². The van der Waals surface area contributed by atoms with E-state index in [-0.39, 0.29) is 5.92 Å². The monoisotopic (exact) mass is 264 g/mol. The van der Waals surface area contributed by atoms with E-state index in [0.717, 1.165) is 25.7 Å². The van der Waals surface area contributed by atoms with Gasteiger partial charge in [0.15, 0.2) is 0 Å². The zero-order valence-electron chi connectivity index (χ0n) is 11.7. The largest absolute Gasteiger partial charge is 0.299 e. The number of rotatable bonds is 3. The van der Waals surface area contributed by atoms with Gasteiger partial charge in [0.2, 0.25) is 0 Å². The standard InChI is InChI=1S/C19H20O/c20-18-13-7-12-17(14-15-8-3-1-4-9-15)19(18)16-10-5-2-6-11-16/h1-6,8-11,17,19H,7,12-14H2. The lowest BCUT2D eigenvalue weighted by Gasteiger charge is -2.31. The van der Waals surface area contributed by atoms with Crippen molar-refractivity contribution in [1.29, 1.82) is 0 Å². The maximum atomic E-state index is 12.4. The minimum Gasteiger partial charge on any atom is -0.299 e. The first-order chi connectivity index (χ1) is 9.84. The molecule has 0 saturated heterocycles. The number of carbonyl (C=O) groups excluding carboxylic acids is 1. The third kappa shape index (κ3) is 2.82. The van der Waals surface area contributed by atoms with Crippen LogP contribution in [0.1, 0.15) is 36.3 Å². The molecule has 0 amide bonds. The average molecular weight is 264 g/mol. The van der Waals surface area contributed by atoms with Crippen molar-refractivity contribution in [2.45, 2.75) is 31.6 Å². The Kier molecular flexibility index (Phi) is 3.96. The predicted octanol–water partition coefficient (Wildman–Crippen LogP) is 4.38. The lowest BCUT2D eigenvalue weighted by molar-refractivity contribution is -0.123. The smallest absolute Gasteiger partial charge is 0.140 e. The molecule has 102 valence electrons. The molecule has 1 aliphatic carbocycles. The molecule has 0 heterocycles. The molecule has 1 heteroatoms. The van der Waals surface area contributed by atoms with Crippen LogP contribution in [0.4, 0.5) is 0 Å². The topological polar surface area (TPSA) is 17.1 Å². The van der Waals surface area contributed by atoms with Crippen LogP contribution in [0.3, 0.4) is 0 Å². The number of Topliss-reactive ketones (excluding diaryl/α,β-unsaturated/α-hetero) is 1. The minimum atomic E-state index is 0.0881. The van der Waals surface area contributed by atoms with Gasteiger partial charge in [0, 0.05) is 12.3 Å². The summed E-state index contributed by atoms with van der Waals surface area (Å²) in [5.74, 6) is 0.953. The van der Waals surface area contributed by atoms with Crippen molar-refractivity contribution in [1.82, 2.24) is 0 Å². The van der Waals surface area contributed by atoms with Gasteiger partial charge in [-0.15, -0.1) is 0 Å². The Balaban J connectivity index is 1.85. The molecule has 1 fully saturated rings. The summed E-state index contributed by atoms with van der Waals surface area (Å²) in [6, 6.07) is 20.8. The van der Waals surface area contributed by atoms with Crippen LogP contribution in [0.2, 0.25) is 0 Å². The van der Waals surface area contributed by atoms with E-state index in [4.69, 9.17) is 0 Å². The number of hydrogen-bond donors (Lipinski definition) is 0.